The maximum absolute atomic E-state index is 11.8. The summed E-state index contributed by atoms with van der Waals surface area (Å²) in [4.78, 5) is 24.4. The predicted octanol–water partition coefficient (Wildman–Crippen LogP) is -0.0457. The minimum Gasteiger partial charge on any atom is -0.359 e. The van der Waals surface area contributed by atoms with Crippen molar-refractivity contribution in [1.82, 2.24) is 10.2 Å². The lowest BCUT2D eigenvalue weighted by molar-refractivity contribution is -0.133. The molecule has 0 saturated carbocycles. The molecule has 0 saturated heterocycles. The number of carbonyl (C=O) groups excluding carboxylic acids is 2. The standard InChI is InChI=1S/C11H23N3O2/c1-5-8(2)10(12)11(16)14(4)7-6-9(15)13-3/h8,10H,5-7,12H2,1-4H3,(H,13,15). The van der Waals surface area contributed by atoms with Gasteiger partial charge < -0.3 is 16.0 Å². The summed E-state index contributed by atoms with van der Waals surface area (Å²) in [6.45, 7) is 4.36. The average molecular weight is 229 g/mol. The SMILES string of the molecule is CCC(C)C(N)C(=O)N(C)CCC(=O)NC. The first-order chi connectivity index (χ1) is 7.43. The lowest BCUT2D eigenvalue weighted by Gasteiger charge is -2.24. The lowest BCUT2D eigenvalue weighted by atomic mass is 9.99. The molecular weight excluding hydrogens is 206 g/mol. The van der Waals surface area contributed by atoms with Crippen molar-refractivity contribution in [1.29, 1.82) is 0 Å². The Morgan fingerprint density at radius 1 is 1.44 bits per heavy atom. The number of nitrogens with two attached hydrogens (primary N) is 1. The number of amides is 2. The van der Waals surface area contributed by atoms with Gasteiger partial charge >= 0.3 is 0 Å². The van der Waals surface area contributed by atoms with Crippen molar-refractivity contribution in [2.75, 3.05) is 20.6 Å². The first kappa shape index (κ1) is 14.9. The Hall–Kier alpha value is -1.10. The van der Waals surface area contributed by atoms with E-state index in [0.29, 0.717) is 13.0 Å². The number of nitrogens with zero attached hydrogens (tertiary/aromatic N) is 1. The van der Waals surface area contributed by atoms with E-state index in [9.17, 15) is 9.59 Å². The van der Waals surface area contributed by atoms with Crippen LogP contribution in [-0.2, 0) is 9.59 Å². The average Bonchev–Trinajstić information content (AvgIpc) is 2.32. The Morgan fingerprint density at radius 3 is 2.44 bits per heavy atom. The third kappa shape index (κ3) is 4.61. The molecule has 0 spiro atoms. The van der Waals surface area contributed by atoms with Gasteiger partial charge in [0.2, 0.25) is 11.8 Å². The van der Waals surface area contributed by atoms with E-state index < -0.39 is 6.04 Å². The van der Waals surface area contributed by atoms with Gasteiger partial charge in [-0.1, -0.05) is 20.3 Å². The van der Waals surface area contributed by atoms with E-state index in [-0.39, 0.29) is 17.7 Å². The Kier molecular flexibility index (Phi) is 6.72. The molecule has 0 aliphatic rings. The van der Waals surface area contributed by atoms with Gasteiger partial charge in [0.25, 0.3) is 0 Å². The molecule has 0 fully saturated rings. The van der Waals surface area contributed by atoms with Crippen molar-refractivity contribution in [2.45, 2.75) is 32.7 Å². The summed E-state index contributed by atoms with van der Waals surface area (Å²) in [6.07, 6.45) is 1.18. The molecule has 0 rings (SSSR count). The molecule has 0 heterocycles. The van der Waals surface area contributed by atoms with Crippen molar-refractivity contribution >= 4 is 11.8 Å². The van der Waals surface area contributed by atoms with Crippen LogP contribution in [0.2, 0.25) is 0 Å². The zero-order chi connectivity index (χ0) is 12.7. The second-order valence-electron chi connectivity index (χ2n) is 4.09. The second-order valence-corrected chi connectivity index (χ2v) is 4.09. The van der Waals surface area contributed by atoms with Crippen molar-refractivity contribution < 1.29 is 9.59 Å². The largest absolute Gasteiger partial charge is 0.359 e. The van der Waals surface area contributed by atoms with Gasteiger partial charge in [0.15, 0.2) is 0 Å². The van der Waals surface area contributed by atoms with Crippen LogP contribution < -0.4 is 11.1 Å². The number of hydrogen-bond donors (Lipinski definition) is 2. The minimum atomic E-state index is -0.473. The van der Waals surface area contributed by atoms with E-state index in [0.717, 1.165) is 6.42 Å². The number of nitrogens with one attached hydrogen (secondary N) is 1. The maximum Gasteiger partial charge on any atom is 0.239 e. The van der Waals surface area contributed by atoms with Gasteiger partial charge in [0, 0.05) is 27.1 Å². The zero-order valence-corrected chi connectivity index (χ0v) is 10.6. The summed E-state index contributed by atoms with van der Waals surface area (Å²) in [7, 11) is 3.25. The molecule has 3 N–H and O–H groups in total. The molecule has 0 bridgehead atoms. The lowest BCUT2D eigenvalue weighted by Crippen LogP contribution is -2.46. The highest BCUT2D eigenvalue weighted by Crippen LogP contribution is 2.07. The molecule has 94 valence electrons. The van der Waals surface area contributed by atoms with Gasteiger partial charge in [-0.25, -0.2) is 0 Å². The van der Waals surface area contributed by atoms with Crippen molar-refractivity contribution in [3.05, 3.63) is 0 Å². The molecule has 0 aliphatic heterocycles. The van der Waals surface area contributed by atoms with Gasteiger partial charge in [0.1, 0.15) is 0 Å². The molecule has 5 heteroatoms. The maximum atomic E-state index is 11.8. The summed E-state index contributed by atoms with van der Waals surface area (Å²) < 4.78 is 0. The van der Waals surface area contributed by atoms with E-state index >= 15 is 0 Å². The van der Waals surface area contributed by atoms with Crippen LogP contribution in [0.3, 0.4) is 0 Å². The van der Waals surface area contributed by atoms with Crippen LogP contribution in [0.1, 0.15) is 26.7 Å². The fourth-order valence-electron chi connectivity index (χ4n) is 1.26. The molecule has 2 unspecified atom stereocenters. The molecular formula is C11H23N3O2. The molecule has 5 nitrogen and oxygen atoms in total. The molecule has 2 atom stereocenters. The second kappa shape index (κ2) is 7.22. The summed E-state index contributed by atoms with van der Waals surface area (Å²) >= 11 is 0. The molecule has 0 radical (unpaired) electrons. The Labute approximate surface area is 97.4 Å². The van der Waals surface area contributed by atoms with Crippen LogP contribution in [0.25, 0.3) is 0 Å². The van der Waals surface area contributed by atoms with Crippen molar-refractivity contribution in [3.8, 4) is 0 Å². The number of likely N-dealkylation sites (N-methyl/N-ethyl adjacent to an activating group) is 1. The quantitative estimate of drug-likeness (QED) is 0.671. The third-order valence-corrected chi connectivity index (χ3v) is 2.87. The first-order valence-corrected chi connectivity index (χ1v) is 5.65. The molecule has 0 aliphatic carbocycles. The first-order valence-electron chi connectivity index (χ1n) is 5.65. The highest BCUT2D eigenvalue weighted by Gasteiger charge is 2.22. The monoisotopic (exact) mass is 229 g/mol. The minimum absolute atomic E-state index is 0.0724. The van der Waals surface area contributed by atoms with Gasteiger partial charge in [-0.15, -0.1) is 0 Å². The van der Waals surface area contributed by atoms with E-state index in [4.69, 9.17) is 5.73 Å². The van der Waals surface area contributed by atoms with Crippen molar-refractivity contribution in [3.63, 3.8) is 0 Å². The van der Waals surface area contributed by atoms with Crippen LogP contribution in [0.15, 0.2) is 0 Å². The van der Waals surface area contributed by atoms with Crippen LogP contribution in [0, 0.1) is 5.92 Å². The van der Waals surface area contributed by atoms with Crippen molar-refractivity contribution in [2.24, 2.45) is 11.7 Å². The Balaban J connectivity index is 4.12. The highest BCUT2D eigenvalue weighted by molar-refractivity contribution is 5.82. The van der Waals surface area contributed by atoms with Crippen LogP contribution in [-0.4, -0.2) is 43.4 Å². The molecule has 2 amide bonds. The predicted molar refractivity (Wildman–Crippen MR) is 63.8 cm³/mol. The number of rotatable bonds is 6. The zero-order valence-electron chi connectivity index (χ0n) is 10.6. The van der Waals surface area contributed by atoms with E-state index in [1.807, 2.05) is 13.8 Å². The smallest absolute Gasteiger partial charge is 0.239 e. The Morgan fingerprint density at radius 2 is 2.00 bits per heavy atom. The number of carbonyl (C=O) groups is 2. The molecule has 0 aromatic carbocycles. The summed E-state index contributed by atoms with van der Waals surface area (Å²) in [5, 5.41) is 2.51. The molecule has 0 aromatic rings. The van der Waals surface area contributed by atoms with E-state index in [1.54, 1.807) is 14.1 Å². The van der Waals surface area contributed by atoms with E-state index in [1.165, 1.54) is 4.90 Å². The normalized spacial score (nSPS) is 14.1. The summed E-state index contributed by atoms with van der Waals surface area (Å²) in [5.41, 5.74) is 5.82. The van der Waals surface area contributed by atoms with Gasteiger partial charge in [-0.05, 0) is 5.92 Å². The van der Waals surface area contributed by atoms with Crippen LogP contribution in [0.4, 0.5) is 0 Å². The number of hydrogen-bond acceptors (Lipinski definition) is 3. The van der Waals surface area contributed by atoms with Gasteiger partial charge in [0.05, 0.1) is 6.04 Å². The van der Waals surface area contributed by atoms with Gasteiger partial charge in [-0.3, -0.25) is 9.59 Å². The van der Waals surface area contributed by atoms with Crippen LogP contribution in [0.5, 0.6) is 0 Å². The molecule has 0 aromatic heterocycles. The van der Waals surface area contributed by atoms with E-state index in [2.05, 4.69) is 5.32 Å². The highest BCUT2D eigenvalue weighted by atomic mass is 16.2. The topological polar surface area (TPSA) is 75.4 Å². The summed E-state index contributed by atoms with van der Waals surface area (Å²) in [5.74, 6) is -0.00929. The third-order valence-electron chi connectivity index (χ3n) is 2.87. The fourth-order valence-corrected chi connectivity index (χ4v) is 1.26. The fraction of sp³-hybridized carbons (Fsp3) is 0.818. The summed E-state index contributed by atoms with van der Waals surface area (Å²) in [6, 6.07) is -0.473. The van der Waals surface area contributed by atoms with Gasteiger partial charge in [-0.2, -0.15) is 0 Å². The van der Waals surface area contributed by atoms with Crippen LogP contribution >= 0.6 is 0 Å². The molecule has 16 heavy (non-hydrogen) atoms. The Bertz CT molecular complexity index is 243.